The quantitative estimate of drug-likeness (QED) is 0.497. The molecule has 0 amide bonds. The Hall–Kier alpha value is -0.770. The monoisotopic (exact) mass is 161 g/mol. The van der Waals surface area contributed by atoms with Crippen LogP contribution in [0.5, 0.6) is 0 Å². The molecule has 0 fully saturated rings. The molecular formula is C7H15NO3. The van der Waals surface area contributed by atoms with Crippen molar-refractivity contribution in [1.82, 2.24) is 0 Å². The van der Waals surface area contributed by atoms with Crippen LogP contribution in [0.1, 0.15) is 26.7 Å². The first kappa shape index (κ1) is 10.2. The Morgan fingerprint density at radius 2 is 2.00 bits per heavy atom. The van der Waals surface area contributed by atoms with Crippen LogP contribution in [0, 0.1) is 0 Å². The van der Waals surface area contributed by atoms with Crippen LogP contribution < -0.4 is 5.73 Å². The van der Waals surface area contributed by atoms with Crippen molar-refractivity contribution in [2.75, 3.05) is 6.73 Å². The molecule has 66 valence electrons. The van der Waals surface area contributed by atoms with Gasteiger partial charge in [0.2, 0.25) is 0 Å². The van der Waals surface area contributed by atoms with E-state index in [0.717, 1.165) is 12.8 Å². The van der Waals surface area contributed by atoms with E-state index in [2.05, 4.69) is 4.74 Å². The van der Waals surface area contributed by atoms with Gasteiger partial charge in [0.15, 0.2) is 0 Å². The maximum atomic E-state index is 10.6. The molecule has 11 heavy (non-hydrogen) atoms. The number of rotatable bonds is 4. The molecule has 0 radical (unpaired) electrons. The van der Waals surface area contributed by atoms with Crippen molar-refractivity contribution >= 4 is 6.16 Å². The van der Waals surface area contributed by atoms with E-state index < -0.39 is 6.16 Å². The van der Waals surface area contributed by atoms with E-state index in [1.165, 1.54) is 0 Å². The second kappa shape index (κ2) is 5.97. The molecule has 0 rings (SSSR count). The average molecular weight is 161 g/mol. The fourth-order valence-corrected chi connectivity index (χ4v) is 0.693. The predicted molar refractivity (Wildman–Crippen MR) is 41.0 cm³/mol. The van der Waals surface area contributed by atoms with Crippen LogP contribution in [0.2, 0.25) is 0 Å². The molecule has 0 aromatic heterocycles. The number of hydrogen-bond acceptors (Lipinski definition) is 4. The summed E-state index contributed by atoms with van der Waals surface area (Å²) in [7, 11) is 0. The van der Waals surface area contributed by atoms with Gasteiger partial charge in [-0.25, -0.2) is 4.79 Å². The molecule has 0 atom stereocenters. The first-order chi connectivity index (χ1) is 5.24. The maximum Gasteiger partial charge on any atom is 0.509 e. The number of carbonyl (C=O) groups is 1. The van der Waals surface area contributed by atoms with Crippen molar-refractivity contribution in [3.05, 3.63) is 0 Å². The van der Waals surface area contributed by atoms with E-state index in [1.54, 1.807) is 0 Å². The van der Waals surface area contributed by atoms with Gasteiger partial charge in [0.05, 0.1) is 0 Å². The van der Waals surface area contributed by atoms with Crippen LogP contribution in [0.15, 0.2) is 0 Å². The van der Waals surface area contributed by atoms with Gasteiger partial charge >= 0.3 is 6.16 Å². The zero-order chi connectivity index (χ0) is 8.69. The lowest BCUT2D eigenvalue weighted by Crippen LogP contribution is -2.20. The average Bonchev–Trinajstić information content (AvgIpc) is 2.01. The summed E-state index contributed by atoms with van der Waals surface area (Å²) in [6, 6.07) is 0. The van der Waals surface area contributed by atoms with Gasteiger partial charge < -0.3 is 9.47 Å². The Bertz CT molecular complexity index is 112. The van der Waals surface area contributed by atoms with Gasteiger partial charge in [-0.15, -0.1) is 0 Å². The summed E-state index contributed by atoms with van der Waals surface area (Å²) < 4.78 is 9.24. The lowest BCUT2D eigenvalue weighted by molar-refractivity contribution is 0.0224. The molecule has 0 aliphatic carbocycles. The molecule has 0 saturated heterocycles. The lowest BCUT2D eigenvalue weighted by atomic mass is 10.2. The van der Waals surface area contributed by atoms with Gasteiger partial charge in [0.25, 0.3) is 0 Å². The van der Waals surface area contributed by atoms with Crippen molar-refractivity contribution in [1.29, 1.82) is 0 Å². The van der Waals surface area contributed by atoms with Crippen molar-refractivity contribution in [3.8, 4) is 0 Å². The highest BCUT2D eigenvalue weighted by Gasteiger charge is 2.09. The molecule has 2 N–H and O–H groups in total. The van der Waals surface area contributed by atoms with Crippen LogP contribution in [0.4, 0.5) is 4.79 Å². The number of carbonyl (C=O) groups excluding carboxylic acids is 1. The first-order valence-electron chi connectivity index (χ1n) is 3.78. The van der Waals surface area contributed by atoms with Crippen LogP contribution in [0.25, 0.3) is 0 Å². The van der Waals surface area contributed by atoms with E-state index in [1.807, 2.05) is 13.8 Å². The highest BCUT2D eigenvalue weighted by Crippen LogP contribution is 2.03. The summed E-state index contributed by atoms with van der Waals surface area (Å²) in [6.07, 6.45) is 0.877. The van der Waals surface area contributed by atoms with E-state index in [9.17, 15) is 4.79 Å². The van der Waals surface area contributed by atoms with Gasteiger partial charge in [0, 0.05) is 0 Å². The number of ether oxygens (including phenoxy) is 2. The van der Waals surface area contributed by atoms with E-state index in [4.69, 9.17) is 10.5 Å². The highest BCUT2D eigenvalue weighted by atomic mass is 16.7. The minimum absolute atomic E-state index is 0.0472. The zero-order valence-corrected chi connectivity index (χ0v) is 7.00. The fraction of sp³-hybridized carbons (Fsp3) is 0.857. The van der Waals surface area contributed by atoms with Crippen molar-refractivity contribution in [3.63, 3.8) is 0 Å². The topological polar surface area (TPSA) is 61.5 Å². The van der Waals surface area contributed by atoms with Crippen molar-refractivity contribution in [2.45, 2.75) is 32.8 Å². The van der Waals surface area contributed by atoms with E-state index >= 15 is 0 Å². The second-order valence-electron chi connectivity index (χ2n) is 2.12. The third kappa shape index (κ3) is 4.61. The number of hydrogen-bond donors (Lipinski definition) is 1. The van der Waals surface area contributed by atoms with E-state index in [-0.39, 0.29) is 12.8 Å². The highest BCUT2D eigenvalue weighted by molar-refractivity contribution is 5.59. The largest absolute Gasteiger partial charge is 0.509 e. The number of nitrogens with two attached hydrogens (primary N) is 1. The van der Waals surface area contributed by atoms with E-state index in [0.29, 0.717) is 0 Å². The molecule has 0 heterocycles. The summed E-state index contributed by atoms with van der Waals surface area (Å²) in [5.41, 5.74) is 4.97. The van der Waals surface area contributed by atoms with Gasteiger partial charge in [0.1, 0.15) is 12.8 Å². The molecule has 0 spiro atoms. The first-order valence-corrected chi connectivity index (χ1v) is 3.78. The summed E-state index contributed by atoms with van der Waals surface area (Å²) >= 11 is 0. The second-order valence-corrected chi connectivity index (χ2v) is 2.12. The summed E-state index contributed by atoms with van der Waals surface area (Å²) in [5, 5.41) is 0. The summed E-state index contributed by atoms with van der Waals surface area (Å²) in [5.74, 6) is 0. The molecular weight excluding hydrogens is 146 g/mol. The molecule has 0 aliphatic rings. The van der Waals surface area contributed by atoms with Crippen LogP contribution >= 0.6 is 0 Å². The Morgan fingerprint density at radius 1 is 1.45 bits per heavy atom. The third-order valence-corrected chi connectivity index (χ3v) is 1.37. The smallest absolute Gasteiger partial charge is 0.431 e. The van der Waals surface area contributed by atoms with Gasteiger partial charge in [-0.2, -0.15) is 0 Å². The third-order valence-electron chi connectivity index (χ3n) is 1.37. The standard InChI is InChI=1S/C7H15NO3/c1-3-6(4-2)11-7(9)10-5-8/h6H,3-5,8H2,1-2H3. The predicted octanol–water partition coefficient (Wildman–Crippen LogP) is 1.24. The Kier molecular flexibility index (Phi) is 5.56. The molecule has 0 aliphatic heterocycles. The van der Waals surface area contributed by atoms with Gasteiger partial charge in [-0.1, -0.05) is 13.8 Å². The lowest BCUT2D eigenvalue weighted by Gasteiger charge is -2.12. The SMILES string of the molecule is CCC(CC)OC(=O)OCN. The summed E-state index contributed by atoms with van der Waals surface area (Å²) in [6.45, 7) is 3.77. The minimum atomic E-state index is -0.679. The Morgan fingerprint density at radius 3 is 2.36 bits per heavy atom. The molecule has 4 nitrogen and oxygen atoms in total. The normalized spacial score (nSPS) is 9.82. The molecule has 0 aromatic carbocycles. The zero-order valence-electron chi connectivity index (χ0n) is 7.00. The molecule has 0 saturated carbocycles. The molecule has 4 heteroatoms. The summed E-state index contributed by atoms with van der Waals surface area (Å²) in [4.78, 5) is 10.6. The maximum absolute atomic E-state index is 10.6. The van der Waals surface area contributed by atoms with Gasteiger partial charge in [-0.05, 0) is 12.8 Å². The Balaban J connectivity index is 3.54. The Labute approximate surface area is 66.7 Å². The molecule has 0 unspecified atom stereocenters. The molecule has 0 bridgehead atoms. The van der Waals surface area contributed by atoms with Crippen LogP contribution in [-0.4, -0.2) is 19.0 Å². The fourth-order valence-electron chi connectivity index (χ4n) is 0.693. The molecule has 0 aromatic rings. The van der Waals surface area contributed by atoms with Crippen molar-refractivity contribution < 1.29 is 14.3 Å². The van der Waals surface area contributed by atoms with Crippen molar-refractivity contribution in [2.24, 2.45) is 5.73 Å². The van der Waals surface area contributed by atoms with Gasteiger partial charge in [-0.3, -0.25) is 5.73 Å². The van der Waals surface area contributed by atoms with Crippen LogP contribution in [0.3, 0.4) is 0 Å². The van der Waals surface area contributed by atoms with Crippen LogP contribution in [-0.2, 0) is 9.47 Å². The minimum Gasteiger partial charge on any atom is -0.431 e.